The third-order valence-electron chi connectivity index (χ3n) is 2.65. The van der Waals surface area contributed by atoms with E-state index in [2.05, 4.69) is 6.92 Å². The fourth-order valence-corrected chi connectivity index (χ4v) is 3.33. The van der Waals surface area contributed by atoms with Gasteiger partial charge in [-0.2, -0.15) is 11.8 Å². The van der Waals surface area contributed by atoms with Crippen LogP contribution in [0.2, 0.25) is 0 Å². The number of thioether (sulfide) groups is 1. The molecule has 78 valence electrons. The van der Waals surface area contributed by atoms with E-state index in [9.17, 15) is 5.11 Å². The van der Waals surface area contributed by atoms with E-state index in [1.165, 1.54) is 19.3 Å². The lowest BCUT2D eigenvalue weighted by Gasteiger charge is -2.29. The summed E-state index contributed by atoms with van der Waals surface area (Å²) < 4.78 is 0. The van der Waals surface area contributed by atoms with Crippen molar-refractivity contribution in [1.82, 2.24) is 0 Å². The van der Waals surface area contributed by atoms with Gasteiger partial charge in [-0.1, -0.05) is 19.8 Å². The minimum atomic E-state index is -0.0704. The molecule has 1 saturated carbocycles. The Morgan fingerprint density at radius 2 is 2.15 bits per heavy atom. The Morgan fingerprint density at radius 3 is 2.77 bits per heavy atom. The third kappa shape index (κ3) is 3.88. The SMILES string of the molecule is CC(CCN)SC1CCCCC1O. The molecular formula is C10H21NOS. The third-order valence-corrected chi connectivity index (χ3v) is 4.25. The quantitative estimate of drug-likeness (QED) is 0.732. The summed E-state index contributed by atoms with van der Waals surface area (Å²) in [6.07, 6.45) is 5.65. The summed E-state index contributed by atoms with van der Waals surface area (Å²) in [5, 5.41) is 10.8. The van der Waals surface area contributed by atoms with E-state index >= 15 is 0 Å². The van der Waals surface area contributed by atoms with Crippen LogP contribution in [0.3, 0.4) is 0 Å². The summed E-state index contributed by atoms with van der Waals surface area (Å²) in [5.41, 5.74) is 5.49. The summed E-state index contributed by atoms with van der Waals surface area (Å²) in [6, 6.07) is 0. The maximum absolute atomic E-state index is 9.73. The summed E-state index contributed by atoms with van der Waals surface area (Å²) >= 11 is 1.92. The molecule has 1 fully saturated rings. The topological polar surface area (TPSA) is 46.2 Å². The van der Waals surface area contributed by atoms with Crippen LogP contribution >= 0.6 is 11.8 Å². The highest BCUT2D eigenvalue weighted by Crippen LogP contribution is 2.32. The minimum Gasteiger partial charge on any atom is -0.392 e. The number of aliphatic hydroxyl groups excluding tert-OH is 1. The lowest BCUT2D eigenvalue weighted by atomic mass is 9.97. The van der Waals surface area contributed by atoms with Crippen molar-refractivity contribution >= 4 is 11.8 Å². The molecule has 0 saturated heterocycles. The van der Waals surface area contributed by atoms with E-state index in [4.69, 9.17) is 5.73 Å². The lowest BCUT2D eigenvalue weighted by Crippen LogP contribution is -2.28. The van der Waals surface area contributed by atoms with Gasteiger partial charge in [0.2, 0.25) is 0 Å². The van der Waals surface area contributed by atoms with E-state index in [0.717, 1.165) is 19.4 Å². The highest BCUT2D eigenvalue weighted by Gasteiger charge is 2.24. The summed E-state index contributed by atoms with van der Waals surface area (Å²) in [4.78, 5) is 0. The maximum atomic E-state index is 9.73. The van der Waals surface area contributed by atoms with E-state index in [1.54, 1.807) is 0 Å². The first kappa shape index (κ1) is 11.3. The number of rotatable bonds is 4. The molecule has 3 atom stereocenters. The highest BCUT2D eigenvalue weighted by atomic mass is 32.2. The second-order valence-electron chi connectivity index (χ2n) is 3.91. The van der Waals surface area contributed by atoms with E-state index in [1.807, 2.05) is 11.8 Å². The van der Waals surface area contributed by atoms with Crippen LogP contribution in [0, 0.1) is 0 Å². The van der Waals surface area contributed by atoms with Crippen molar-refractivity contribution in [2.75, 3.05) is 6.54 Å². The molecule has 0 amide bonds. The fraction of sp³-hybridized carbons (Fsp3) is 1.00. The number of hydrogen-bond acceptors (Lipinski definition) is 3. The molecular weight excluding hydrogens is 182 g/mol. The second kappa shape index (κ2) is 5.89. The normalized spacial score (nSPS) is 31.6. The van der Waals surface area contributed by atoms with Gasteiger partial charge in [0, 0.05) is 10.5 Å². The van der Waals surface area contributed by atoms with Gasteiger partial charge in [0.15, 0.2) is 0 Å². The van der Waals surface area contributed by atoms with Crippen LogP contribution in [-0.4, -0.2) is 28.3 Å². The first-order chi connectivity index (χ1) is 6.24. The van der Waals surface area contributed by atoms with Crippen LogP contribution in [0.4, 0.5) is 0 Å². The van der Waals surface area contributed by atoms with Crippen LogP contribution in [-0.2, 0) is 0 Å². The molecule has 0 aromatic rings. The average molecular weight is 203 g/mol. The van der Waals surface area contributed by atoms with Gasteiger partial charge in [0.25, 0.3) is 0 Å². The zero-order chi connectivity index (χ0) is 9.68. The van der Waals surface area contributed by atoms with E-state index < -0.39 is 0 Å². The predicted octanol–water partition coefficient (Wildman–Crippen LogP) is 1.76. The lowest BCUT2D eigenvalue weighted by molar-refractivity contribution is 0.136. The van der Waals surface area contributed by atoms with Crippen molar-refractivity contribution < 1.29 is 5.11 Å². The first-order valence-electron chi connectivity index (χ1n) is 5.27. The van der Waals surface area contributed by atoms with Gasteiger partial charge in [-0.05, 0) is 25.8 Å². The average Bonchev–Trinajstić information content (AvgIpc) is 2.09. The largest absolute Gasteiger partial charge is 0.392 e. The van der Waals surface area contributed by atoms with Crippen LogP contribution in [0.5, 0.6) is 0 Å². The predicted molar refractivity (Wildman–Crippen MR) is 59.0 cm³/mol. The number of aliphatic hydroxyl groups is 1. The van der Waals surface area contributed by atoms with Crippen molar-refractivity contribution in [2.45, 2.75) is 55.6 Å². The molecule has 0 aromatic heterocycles. The molecule has 0 bridgehead atoms. The number of nitrogens with two attached hydrogens (primary N) is 1. The van der Waals surface area contributed by atoms with Crippen molar-refractivity contribution in [3.05, 3.63) is 0 Å². The molecule has 1 aliphatic rings. The van der Waals surface area contributed by atoms with Gasteiger partial charge in [0.1, 0.15) is 0 Å². The Morgan fingerprint density at radius 1 is 1.46 bits per heavy atom. The Hall–Kier alpha value is 0.270. The smallest absolute Gasteiger partial charge is 0.0658 e. The molecule has 13 heavy (non-hydrogen) atoms. The Labute approximate surface area is 85.3 Å². The summed E-state index contributed by atoms with van der Waals surface area (Å²) in [5.74, 6) is 0. The monoisotopic (exact) mass is 203 g/mol. The maximum Gasteiger partial charge on any atom is 0.0658 e. The van der Waals surface area contributed by atoms with E-state index in [0.29, 0.717) is 10.5 Å². The van der Waals surface area contributed by atoms with Crippen molar-refractivity contribution in [2.24, 2.45) is 5.73 Å². The molecule has 3 unspecified atom stereocenters. The van der Waals surface area contributed by atoms with Gasteiger partial charge in [-0.25, -0.2) is 0 Å². The van der Waals surface area contributed by atoms with Crippen LogP contribution < -0.4 is 5.73 Å². The minimum absolute atomic E-state index is 0.0704. The molecule has 0 aromatic carbocycles. The first-order valence-corrected chi connectivity index (χ1v) is 6.22. The molecule has 1 rings (SSSR count). The second-order valence-corrected chi connectivity index (χ2v) is 5.60. The fourth-order valence-electron chi connectivity index (χ4n) is 1.84. The van der Waals surface area contributed by atoms with Gasteiger partial charge >= 0.3 is 0 Å². The zero-order valence-electron chi connectivity index (χ0n) is 8.41. The van der Waals surface area contributed by atoms with Crippen molar-refractivity contribution in [1.29, 1.82) is 0 Å². The van der Waals surface area contributed by atoms with E-state index in [-0.39, 0.29) is 6.10 Å². The molecule has 2 nitrogen and oxygen atoms in total. The van der Waals surface area contributed by atoms with Gasteiger partial charge < -0.3 is 10.8 Å². The molecule has 3 N–H and O–H groups in total. The molecule has 3 heteroatoms. The molecule has 0 spiro atoms. The Bertz CT molecular complexity index is 143. The zero-order valence-corrected chi connectivity index (χ0v) is 9.22. The molecule has 1 aliphatic carbocycles. The standard InChI is InChI=1S/C10H21NOS/c1-8(6-7-11)13-10-5-3-2-4-9(10)12/h8-10,12H,2-7,11H2,1H3. The van der Waals surface area contributed by atoms with Crippen LogP contribution in [0.25, 0.3) is 0 Å². The van der Waals surface area contributed by atoms with Gasteiger partial charge in [-0.15, -0.1) is 0 Å². The van der Waals surface area contributed by atoms with Crippen molar-refractivity contribution in [3.63, 3.8) is 0 Å². The summed E-state index contributed by atoms with van der Waals surface area (Å²) in [6.45, 7) is 2.97. The van der Waals surface area contributed by atoms with Crippen LogP contribution in [0.1, 0.15) is 39.0 Å². The molecule has 0 aliphatic heterocycles. The van der Waals surface area contributed by atoms with Gasteiger partial charge in [0.05, 0.1) is 6.10 Å². The Balaban J connectivity index is 2.25. The van der Waals surface area contributed by atoms with Gasteiger partial charge in [-0.3, -0.25) is 0 Å². The summed E-state index contributed by atoms with van der Waals surface area (Å²) in [7, 11) is 0. The van der Waals surface area contributed by atoms with Crippen LogP contribution in [0.15, 0.2) is 0 Å². The Kier molecular flexibility index (Phi) is 5.14. The highest BCUT2D eigenvalue weighted by molar-refractivity contribution is 8.00. The molecule has 0 radical (unpaired) electrons. The molecule has 0 heterocycles. The van der Waals surface area contributed by atoms with Crippen molar-refractivity contribution in [3.8, 4) is 0 Å². The number of hydrogen-bond donors (Lipinski definition) is 2.